The van der Waals surface area contributed by atoms with Crippen molar-refractivity contribution >= 4 is 11.7 Å². The highest BCUT2D eigenvalue weighted by Gasteiger charge is 2.31. The van der Waals surface area contributed by atoms with Gasteiger partial charge in [-0.05, 0) is 50.0 Å². The minimum absolute atomic E-state index is 0.000789. The average Bonchev–Trinajstić information content (AvgIpc) is 3.30. The molecule has 2 amide bonds. The second-order valence-electron chi connectivity index (χ2n) is 6.81. The van der Waals surface area contributed by atoms with E-state index >= 15 is 0 Å². The van der Waals surface area contributed by atoms with Crippen molar-refractivity contribution in [1.29, 1.82) is 0 Å². The normalized spacial score (nSPS) is 21.0. The van der Waals surface area contributed by atoms with Crippen molar-refractivity contribution in [2.45, 2.75) is 31.9 Å². The molecule has 0 spiro atoms. The zero-order valence-electron chi connectivity index (χ0n) is 15.1. The minimum Gasteiger partial charge on any atom is -0.382 e. The van der Waals surface area contributed by atoms with Gasteiger partial charge in [-0.2, -0.15) is 0 Å². The molecular weight excluding hydrogens is 318 g/mol. The number of carbonyl (C=O) groups is 1. The number of nitrogens with one attached hydrogen (secondary N) is 1. The summed E-state index contributed by atoms with van der Waals surface area (Å²) in [6, 6.07) is 8.38. The Balaban J connectivity index is 1.47. The van der Waals surface area contributed by atoms with Crippen molar-refractivity contribution in [3.63, 3.8) is 0 Å². The van der Waals surface area contributed by atoms with Crippen LogP contribution in [0.2, 0.25) is 0 Å². The van der Waals surface area contributed by atoms with Gasteiger partial charge in [0.2, 0.25) is 0 Å². The van der Waals surface area contributed by atoms with Gasteiger partial charge in [-0.1, -0.05) is 12.1 Å². The number of anilines is 1. The van der Waals surface area contributed by atoms with Crippen molar-refractivity contribution in [1.82, 2.24) is 9.80 Å². The first kappa shape index (κ1) is 18.2. The van der Waals surface area contributed by atoms with Crippen molar-refractivity contribution < 1.29 is 14.3 Å². The Labute approximate surface area is 150 Å². The van der Waals surface area contributed by atoms with Gasteiger partial charge in [-0.15, -0.1) is 0 Å². The fourth-order valence-electron chi connectivity index (χ4n) is 3.60. The second-order valence-corrected chi connectivity index (χ2v) is 6.81. The molecule has 2 aliphatic heterocycles. The zero-order valence-corrected chi connectivity index (χ0v) is 15.1. The summed E-state index contributed by atoms with van der Waals surface area (Å²) in [6.07, 6.45) is 3.67. The molecule has 2 saturated heterocycles. The highest BCUT2D eigenvalue weighted by molar-refractivity contribution is 5.89. The van der Waals surface area contributed by atoms with Gasteiger partial charge in [0.25, 0.3) is 0 Å². The number of nitrogens with zero attached hydrogens (tertiary/aromatic N) is 2. The van der Waals surface area contributed by atoms with Crippen molar-refractivity contribution in [3.8, 4) is 0 Å². The molecule has 1 N–H and O–H groups in total. The van der Waals surface area contributed by atoms with Gasteiger partial charge in [-0.25, -0.2) is 4.79 Å². The Morgan fingerprint density at radius 2 is 2.08 bits per heavy atom. The first-order valence-corrected chi connectivity index (χ1v) is 9.22. The molecule has 2 fully saturated rings. The number of benzene rings is 1. The molecular formula is C19H29N3O3. The third-order valence-corrected chi connectivity index (χ3v) is 4.99. The topological polar surface area (TPSA) is 54.0 Å². The lowest BCUT2D eigenvalue weighted by molar-refractivity contribution is 0.0617. The minimum atomic E-state index is -0.000789. The van der Waals surface area contributed by atoms with Crippen molar-refractivity contribution in [2.24, 2.45) is 0 Å². The average molecular weight is 347 g/mol. The van der Waals surface area contributed by atoms with Crippen LogP contribution in [0, 0.1) is 0 Å². The summed E-state index contributed by atoms with van der Waals surface area (Å²) in [5.41, 5.74) is 1.87. The van der Waals surface area contributed by atoms with Crippen LogP contribution in [0.4, 0.5) is 10.5 Å². The van der Waals surface area contributed by atoms with E-state index in [0.717, 1.165) is 30.8 Å². The molecule has 1 aromatic rings. The number of hydrogen-bond acceptors (Lipinski definition) is 4. The molecule has 0 radical (unpaired) electrons. The largest absolute Gasteiger partial charge is 0.382 e. The molecule has 6 nitrogen and oxygen atoms in total. The fourth-order valence-corrected chi connectivity index (χ4v) is 3.60. The maximum absolute atomic E-state index is 12.5. The summed E-state index contributed by atoms with van der Waals surface area (Å²) in [5.74, 6) is 0. The Bertz CT molecular complexity index is 561. The molecule has 0 aliphatic carbocycles. The highest BCUT2D eigenvalue weighted by Crippen LogP contribution is 2.21. The van der Waals surface area contributed by atoms with E-state index in [1.807, 2.05) is 29.2 Å². The van der Waals surface area contributed by atoms with E-state index in [2.05, 4.69) is 10.2 Å². The summed E-state index contributed by atoms with van der Waals surface area (Å²) in [6.45, 7) is 5.73. The predicted octanol–water partition coefficient (Wildman–Crippen LogP) is 2.55. The van der Waals surface area contributed by atoms with Gasteiger partial charge < -0.3 is 19.7 Å². The lowest BCUT2D eigenvalue weighted by Crippen LogP contribution is -2.38. The molecule has 1 atom stereocenters. The van der Waals surface area contributed by atoms with Crippen LogP contribution < -0.4 is 5.32 Å². The van der Waals surface area contributed by atoms with E-state index in [1.54, 1.807) is 7.11 Å². The Kier molecular flexibility index (Phi) is 6.67. The summed E-state index contributed by atoms with van der Waals surface area (Å²) >= 11 is 0. The monoisotopic (exact) mass is 347 g/mol. The number of urea groups is 1. The van der Waals surface area contributed by atoms with Gasteiger partial charge in [0.05, 0.1) is 19.8 Å². The Morgan fingerprint density at radius 1 is 1.24 bits per heavy atom. The SMILES string of the molecule is COCCOCc1cccc(NC(=O)N2CCC(N3CCCC3)C2)c1. The summed E-state index contributed by atoms with van der Waals surface area (Å²) in [4.78, 5) is 17.0. The summed E-state index contributed by atoms with van der Waals surface area (Å²) in [7, 11) is 1.66. The maximum atomic E-state index is 12.5. The van der Waals surface area contributed by atoms with Crippen LogP contribution in [0.15, 0.2) is 24.3 Å². The van der Waals surface area contributed by atoms with E-state index < -0.39 is 0 Å². The van der Waals surface area contributed by atoms with Gasteiger partial charge in [0, 0.05) is 31.9 Å². The quantitative estimate of drug-likeness (QED) is 0.770. The third-order valence-electron chi connectivity index (χ3n) is 4.99. The van der Waals surface area contributed by atoms with E-state index in [0.29, 0.717) is 25.9 Å². The Hall–Kier alpha value is -1.63. The summed E-state index contributed by atoms with van der Waals surface area (Å²) in [5, 5.41) is 3.03. The van der Waals surface area contributed by atoms with Crippen LogP contribution >= 0.6 is 0 Å². The molecule has 0 saturated carbocycles. The lowest BCUT2D eigenvalue weighted by atomic mass is 10.2. The zero-order chi connectivity index (χ0) is 17.5. The highest BCUT2D eigenvalue weighted by atomic mass is 16.5. The predicted molar refractivity (Wildman–Crippen MR) is 97.8 cm³/mol. The third kappa shape index (κ3) is 5.17. The molecule has 1 unspecified atom stereocenters. The van der Waals surface area contributed by atoms with Gasteiger partial charge in [0.15, 0.2) is 0 Å². The molecule has 3 rings (SSSR count). The molecule has 0 aromatic heterocycles. The lowest BCUT2D eigenvalue weighted by Gasteiger charge is -2.23. The first-order valence-electron chi connectivity index (χ1n) is 9.22. The van der Waals surface area contributed by atoms with Crippen LogP contribution in [0.25, 0.3) is 0 Å². The standard InChI is InChI=1S/C19H29N3O3/c1-24-11-12-25-15-16-5-4-6-17(13-16)20-19(23)22-10-7-18(14-22)21-8-2-3-9-21/h4-6,13,18H,2-3,7-12,14-15H2,1H3,(H,20,23). The molecule has 2 heterocycles. The van der Waals surface area contributed by atoms with Crippen LogP contribution in [0.5, 0.6) is 0 Å². The second kappa shape index (κ2) is 9.17. The molecule has 2 aliphatic rings. The van der Waals surface area contributed by atoms with Gasteiger partial charge >= 0.3 is 6.03 Å². The van der Waals surface area contributed by atoms with E-state index in [-0.39, 0.29) is 6.03 Å². The van der Waals surface area contributed by atoms with Crippen molar-refractivity contribution in [2.75, 3.05) is 51.8 Å². The molecule has 1 aromatic carbocycles. The molecule has 25 heavy (non-hydrogen) atoms. The van der Waals surface area contributed by atoms with Gasteiger partial charge in [-0.3, -0.25) is 4.90 Å². The van der Waals surface area contributed by atoms with E-state index in [1.165, 1.54) is 25.9 Å². The van der Waals surface area contributed by atoms with Gasteiger partial charge in [0.1, 0.15) is 0 Å². The number of carbonyl (C=O) groups excluding carboxylic acids is 1. The Morgan fingerprint density at radius 3 is 2.88 bits per heavy atom. The number of methoxy groups -OCH3 is 1. The van der Waals surface area contributed by atoms with Crippen LogP contribution in [-0.4, -0.2) is 68.4 Å². The molecule has 6 heteroatoms. The van der Waals surface area contributed by atoms with Crippen molar-refractivity contribution in [3.05, 3.63) is 29.8 Å². The number of rotatable bonds is 7. The molecule has 0 bridgehead atoms. The summed E-state index contributed by atoms with van der Waals surface area (Å²) < 4.78 is 10.5. The number of ether oxygens (including phenoxy) is 2. The van der Waals surface area contributed by atoms with Crippen LogP contribution in [-0.2, 0) is 16.1 Å². The number of amides is 2. The van der Waals surface area contributed by atoms with Crippen LogP contribution in [0.3, 0.4) is 0 Å². The first-order chi connectivity index (χ1) is 12.3. The number of hydrogen-bond donors (Lipinski definition) is 1. The molecule has 138 valence electrons. The number of likely N-dealkylation sites (tertiary alicyclic amines) is 2. The maximum Gasteiger partial charge on any atom is 0.321 e. The fraction of sp³-hybridized carbons (Fsp3) is 0.632. The smallest absolute Gasteiger partial charge is 0.321 e. The van der Waals surface area contributed by atoms with Crippen LogP contribution in [0.1, 0.15) is 24.8 Å². The van der Waals surface area contributed by atoms with E-state index in [9.17, 15) is 4.79 Å². The van der Waals surface area contributed by atoms with E-state index in [4.69, 9.17) is 9.47 Å².